The van der Waals surface area contributed by atoms with Crippen LogP contribution in [0.1, 0.15) is 6.42 Å². The first-order valence-electron chi connectivity index (χ1n) is 9.04. The lowest BCUT2D eigenvalue weighted by Gasteiger charge is -2.28. The highest BCUT2D eigenvalue weighted by Crippen LogP contribution is 2.56. The zero-order chi connectivity index (χ0) is 21.1. The zero-order valence-corrected chi connectivity index (χ0v) is 17.4. The minimum absolute atomic E-state index is 0.168. The molecule has 0 radical (unpaired) electrons. The third kappa shape index (κ3) is 5.13. The third-order valence-corrected chi connectivity index (χ3v) is 10.4. The molecule has 0 atom stereocenters. The van der Waals surface area contributed by atoms with E-state index in [1.165, 1.54) is 36.4 Å². The maximum absolute atomic E-state index is 13.6. The summed E-state index contributed by atoms with van der Waals surface area (Å²) in [5.41, 5.74) is 0. The van der Waals surface area contributed by atoms with Gasteiger partial charge in [-0.1, -0.05) is 0 Å². The second kappa shape index (κ2) is 8.77. The number of hydrogen-bond donors (Lipinski definition) is 3. The van der Waals surface area contributed by atoms with Crippen molar-refractivity contribution in [3.05, 3.63) is 90.2 Å². The Morgan fingerprint density at radius 2 is 0.897 bits per heavy atom. The molecule has 0 aliphatic heterocycles. The van der Waals surface area contributed by atoms with Crippen LogP contribution in [0.4, 0.5) is 13.2 Å². The Balaban J connectivity index is 2.20. The summed E-state index contributed by atoms with van der Waals surface area (Å²) < 4.78 is 40.8. The lowest BCUT2D eigenvalue weighted by molar-refractivity contribution is 0.227. The Labute approximate surface area is 168 Å². The van der Waals surface area contributed by atoms with E-state index in [1.807, 2.05) is 0 Å². The van der Waals surface area contributed by atoms with Gasteiger partial charge in [0.15, 0.2) is 0 Å². The van der Waals surface area contributed by atoms with Crippen LogP contribution < -0.4 is 15.9 Å². The van der Waals surface area contributed by atoms with E-state index in [-0.39, 0.29) is 12.5 Å². The molecule has 0 heterocycles. The predicted molar refractivity (Wildman–Crippen MR) is 112 cm³/mol. The summed E-state index contributed by atoms with van der Waals surface area (Å²) in [4.78, 5) is 28.3. The second-order valence-electron chi connectivity index (χ2n) is 6.84. The molecule has 0 unspecified atom stereocenters. The van der Waals surface area contributed by atoms with Gasteiger partial charge < -0.3 is 14.4 Å². The normalized spacial score (nSPS) is 12.2. The SMILES string of the molecule is O[Si](O)(O)CCC[P+](c1ccc(F)cc1)(c1ccc(F)cc1)c1ccc(F)cc1. The van der Waals surface area contributed by atoms with Crippen LogP contribution in [0.25, 0.3) is 0 Å². The highest BCUT2D eigenvalue weighted by atomic mass is 31.2. The number of hydrogen-bond acceptors (Lipinski definition) is 3. The van der Waals surface area contributed by atoms with Gasteiger partial charge >= 0.3 is 8.80 Å². The van der Waals surface area contributed by atoms with Gasteiger partial charge in [-0.3, -0.25) is 0 Å². The molecule has 8 heteroatoms. The molecule has 3 N–H and O–H groups in total. The summed E-state index contributed by atoms with van der Waals surface area (Å²) in [7, 11) is -6.76. The van der Waals surface area contributed by atoms with Crippen LogP contribution in [-0.2, 0) is 0 Å². The van der Waals surface area contributed by atoms with Gasteiger partial charge in [-0.25, -0.2) is 13.2 Å². The van der Waals surface area contributed by atoms with Crippen molar-refractivity contribution in [2.75, 3.05) is 6.16 Å². The zero-order valence-electron chi connectivity index (χ0n) is 15.5. The number of benzene rings is 3. The molecule has 0 amide bonds. The van der Waals surface area contributed by atoms with E-state index in [0.717, 1.165) is 15.9 Å². The molecule has 0 saturated heterocycles. The van der Waals surface area contributed by atoms with E-state index >= 15 is 0 Å². The van der Waals surface area contributed by atoms with Gasteiger partial charge in [0, 0.05) is 6.04 Å². The summed E-state index contributed by atoms with van der Waals surface area (Å²) in [6.45, 7) is 0. The van der Waals surface area contributed by atoms with Crippen molar-refractivity contribution in [1.82, 2.24) is 0 Å². The molecule has 0 aromatic heterocycles. The van der Waals surface area contributed by atoms with Gasteiger partial charge in [-0.05, 0) is 79.2 Å². The maximum Gasteiger partial charge on any atom is 0.492 e. The molecule has 3 aromatic rings. The number of rotatable bonds is 7. The third-order valence-electron chi connectivity index (χ3n) is 4.81. The van der Waals surface area contributed by atoms with Crippen molar-refractivity contribution >= 4 is 32.0 Å². The summed E-state index contributed by atoms with van der Waals surface area (Å²) in [6, 6.07) is 17.7. The molecule has 0 bridgehead atoms. The largest absolute Gasteiger partial charge is 0.492 e. The molecule has 3 rings (SSSR count). The lowest BCUT2D eigenvalue weighted by Crippen LogP contribution is -2.37. The minimum atomic E-state index is -4.25. The van der Waals surface area contributed by atoms with Crippen molar-refractivity contribution in [3.8, 4) is 0 Å². The van der Waals surface area contributed by atoms with Crippen molar-refractivity contribution in [2.24, 2.45) is 0 Å². The maximum atomic E-state index is 13.6. The average molecular weight is 437 g/mol. The van der Waals surface area contributed by atoms with Gasteiger partial charge in [-0.2, -0.15) is 0 Å². The van der Waals surface area contributed by atoms with Crippen LogP contribution in [0, 0.1) is 17.5 Å². The average Bonchev–Trinajstić information content (AvgIpc) is 2.67. The molecule has 3 aromatic carbocycles. The summed E-state index contributed by atoms with van der Waals surface area (Å²) in [5, 5.41) is 2.37. The van der Waals surface area contributed by atoms with Gasteiger partial charge in [0.1, 0.15) is 40.6 Å². The van der Waals surface area contributed by atoms with Crippen LogP contribution in [0.5, 0.6) is 0 Å². The molecular weight excluding hydrogens is 416 g/mol. The minimum Gasteiger partial charge on any atom is -0.390 e. The smallest absolute Gasteiger partial charge is 0.390 e. The number of halogens is 3. The topological polar surface area (TPSA) is 60.7 Å². The molecule has 0 fully saturated rings. The van der Waals surface area contributed by atoms with Crippen molar-refractivity contribution in [3.63, 3.8) is 0 Å². The fourth-order valence-electron chi connectivity index (χ4n) is 3.47. The van der Waals surface area contributed by atoms with E-state index in [9.17, 15) is 27.6 Å². The van der Waals surface area contributed by atoms with E-state index in [0.29, 0.717) is 6.16 Å². The van der Waals surface area contributed by atoms with Crippen molar-refractivity contribution in [1.29, 1.82) is 0 Å². The lowest BCUT2D eigenvalue weighted by atomic mass is 10.3. The van der Waals surface area contributed by atoms with Crippen LogP contribution in [-0.4, -0.2) is 29.4 Å². The summed E-state index contributed by atoms with van der Waals surface area (Å²) in [6.07, 6.45) is 0.682. The van der Waals surface area contributed by atoms with E-state index in [4.69, 9.17) is 0 Å². The first-order valence-corrected chi connectivity index (χ1v) is 13.1. The van der Waals surface area contributed by atoms with Gasteiger partial charge in [-0.15, -0.1) is 0 Å². The molecule has 152 valence electrons. The predicted octanol–water partition coefficient (Wildman–Crippen LogP) is 2.70. The fraction of sp³-hybridized carbons (Fsp3) is 0.143. The Hall–Kier alpha value is -2.02. The van der Waals surface area contributed by atoms with E-state index in [1.54, 1.807) is 36.4 Å². The van der Waals surface area contributed by atoms with Crippen LogP contribution in [0.2, 0.25) is 6.04 Å². The van der Waals surface area contributed by atoms with Gasteiger partial charge in [0.25, 0.3) is 0 Å². The van der Waals surface area contributed by atoms with Gasteiger partial charge in [0.05, 0.1) is 6.16 Å². The first-order chi connectivity index (χ1) is 13.7. The molecule has 0 saturated carbocycles. The van der Waals surface area contributed by atoms with E-state index in [2.05, 4.69) is 0 Å². The monoisotopic (exact) mass is 437 g/mol. The van der Waals surface area contributed by atoms with E-state index < -0.39 is 33.5 Å². The standard InChI is InChI=1S/C21H21F3O3PSi/c22-16-2-8-19(9-3-16)28(14-1-15-29(25,26)27,20-10-4-17(23)5-11-20)21-12-6-18(24)7-13-21/h2-13,25-27H,1,14-15H2/q+1. The molecule has 0 aliphatic rings. The van der Waals surface area contributed by atoms with Crippen LogP contribution in [0.15, 0.2) is 72.8 Å². The Kier molecular flexibility index (Phi) is 6.56. The van der Waals surface area contributed by atoms with Gasteiger partial charge in [0.2, 0.25) is 0 Å². The summed E-state index contributed by atoms with van der Waals surface area (Å²) in [5.74, 6) is -1.22. The molecule has 3 nitrogen and oxygen atoms in total. The van der Waals surface area contributed by atoms with Crippen molar-refractivity contribution in [2.45, 2.75) is 12.5 Å². The molecule has 29 heavy (non-hydrogen) atoms. The summed E-state index contributed by atoms with van der Waals surface area (Å²) >= 11 is 0. The van der Waals surface area contributed by atoms with Crippen LogP contribution in [0.3, 0.4) is 0 Å². The van der Waals surface area contributed by atoms with Crippen LogP contribution >= 0.6 is 7.26 Å². The van der Waals surface area contributed by atoms with Crippen molar-refractivity contribution < 1.29 is 27.6 Å². The first kappa shape index (κ1) is 21.7. The Morgan fingerprint density at radius 3 is 1.17 bits per heavy atom. The molecule has 0 aliphatic carbocycles. The Morgan fingerprint density at radius 1 is 0.586 bits per heavy atom. The highest BCUT2D eigenvalue weighted by Gasteiger charge is 2.45. The molecule has 0 spiro atoms. The second-order valence-corrected chi connectivity index (χ2v) is 12.5. The highest BCUT2D eigenvalue weighted by molar-refractivity contribution is 7.95. The Bertz CT molecular complexity index is 832. The fourth-order valence-corrected chi connectivity index (χ4v) is 8.70. The quantitative estimate of drug-likeness (QED) is 0.394. The molecular formula is C21H21F3O3PSi+.